The van der Waals surface area contributed by atoms with Crippen LogP contribution in [-0.2, 0) is 29.1 Å². The summed E-state index contributed by atoms with van der Waals surface area (Å²) in [5, 5.41) is 2.68. The maximum atomic E-state index is 12.5. The molecule has 2 N–H and O–H groups in total. The molecule has 29 heavy (non-hydrogen) atoms. The summed E-state index contributed by atoms with van der Waals surface area (Å²) in [5.41, 5.74) is 0.403. The van der Waals surface area contributed by atoms with E-state index in [0.29, 0.717) is 18.7 Å². The van der Waals surface area contributed by atoms with E-state index in [1.54, 1.807) is 32.0 Å². The van der Waals surface area contributed by atoms with E-state index in [-0.39, 0.29) is 22.8 Å². The van der Waals surface area contributed by atoms with Gasteiger partial charge in [0.2, 0.25) is 0 Å². The SMILES string of the molecule is CC(C)[C@H](N=C1NS(=O)(=O)c2ccccc21)C(=O)OCC(=O)NC[C@H]1CCCO1. The van der Waals surface area contributed by atoms with E-state index in [2.05, 4.69) is 15.0 Å². The summed E-state index contributed by atoms with van der Waals surface area (Å²) in [6, 6.07) is 5.45. The number of carbonyl (C=O) groups excluding carboxylic acids is 2. The Balaban J connectivity index is 1.63. The largest absolute Gasteiger partial charge is 0.454 e. The number of esters is 1. The van der Waals surface area contributed by atoms with Crippen molar-refractivity contribution in [2.24, 2.45) is 10.9 Å². The third-order valence-electron chi connectivity index (χ3n) is 4.70. The minimum Gasteiger partial charge on any atom is -0.454 e. The highest BCUT2D eigenvalue weighted by molar-refractivity contribution is 7.90. The van der Waals surface area contributed by atoms with Crippen molar-refractivity contribution in [1.82, 2.24) is 10.0 Å². The quantitative estimate of drug-likeness (QED) is 0.619. The van der Waals surface area contributed by atoms with E-state index in [0.717, 1.165) is 12.8 Å². The molecule has 2 heterocycles. The number of ether oxygens (including phenoxy) is 2. The van der Waals surface area contributed by atoms with Crippen LogP contribution in [0.4, 0.5) is 0 Å². The van der Waals surface area contributed by atoms with Gasteiger partial charge in [-0.3, -0.25) is 14.5 Å². The lowest BCUT2D eigenvalue weighted by atomic mass is 10.1. The number of carbonyl (C=O) groups is 2. The molecule has 2 aliphatic rings. The van der Waals surface area contributed by atoms with E-state index in [9.17, 15) is 18.0 Å². The highest BCUT2D eigenvalue weighted by atomic mass is 32.2. The molecule has 1 fully saturated rings. The van der Waals surface area contributed by atoms with Gasteiger partial charge in [0.1, 0.15) is 5.84 Å². The second-order valence-corrected chi connectivity index (χ2v) is 8.97. The molecule has 0 unspecified atom stereocenters. The third kappa shape index (κ3) is 5.13. The summed E-state index contributed by atoms with van der Waals surface area (Å²) in [4.78, 5) is 28.8. The van der Waals surface area contributed by atoms with Crippen LogP contribution >= 0.6 is 0 Å². The van der Waals surface area contributed by atoms with Crippen molar-refractivity contribution in [2.75, 3.05) is 19.8 Å². The van der Waals surface area contributed by atoms with Crippen LogP contribution in [0.3, 0.4) is 0 Å². The van der Waals surface area contributed by atoms with Crippen LogP contribution in [0.1, 0.15) is 32.3 Å². The van der Waals surface area contributed by atoms with Crippen molar-refractivity contribution in [3.63, 3.8) is 0 Å². The molecule has 0 spiro atoms. The van der Waals surface area contributed by atoms with E-state index in [1.165, 1.54) is 6.07 Å². The lowest BCUT2D eigenvalue weighted by Crippen LogP contribution is -2.37. The van der Waals surface area contributed by atoms with Gasteiger partial charge < -0.3 is 14.8 Å². The molecule has 2 atom stereocenters. The van der Waals surface area contributed by atoms with Crippen molar-refractivity contribution in [2.45, 2.75) is 43.7 Å². The van der Waals surface area contributed by atoms with Gasteiger partial charge in [0, 0.05) is 18.7 Å². The van der Waals surface area contributed by atoms with Crippen LogP contribution in [0.2, 0.25) is 0 Å². The number of aliphatic imine (C=N–C) groups is 1. The minimum absolute atomic E-state index is 0.0000720. The highest BCUT2D eigenvalue weighted by Crippen LogP contribution is 2.23. The number of amides is 1. The first-order chi connectivity index (χ1) is 13.8. The molecule has 1 aromatic carbocycles. The molecule has 10 heteroatoms. The first-order valence-electron chi connectivity index (χ1n) is 9.53. The summed E-state index contributed by atoms with van der Waals surface area (Å²) in [7, 11) is -3.70. The van der Waals surface area contributed by atoms with Gasteiger partial charge in [-0.15, -0.1) is 0 Å². The molecule has 1 saturated heterocycles. The molecule has 2 aliphatic heterocycles. The van der Waals surface area contributed by atoms with Gasteiger partial charge in [-0.2, -0.15) is 0 Å². The number of hydrogen-bond donors (Lipinski definition) is 2. The lowest BCUT2D eigenvalue weighted by molar-refractivity contribution is -0.150. The zero-order valence-corrected chi connectivity index (χ0v) is 17.2. The van der Waals surface area contributed by atoms with Gasteiger partial charge in [-0.05, 0) is 30.9 Å². The number of amidine groups is 1. The summed E-state index contributed by atoms with van der Waals surface area (Å²) < 4.78 is 37.3. The predicted molar refractivity (Wildman–Crippen MR) is 105 cm³/mol. The standard InChI is InChI=1S/C19H25N3O6S/c1-12(2)17(19(24)28-11-16(23)20-10-13-6-5-9-27-13)21-18-14-7-3-4-8-15(14)29(25,26)22-18/h3-4,7-8,12-13,17H,5-6,9-11H2,1-2H3,(H,20,23)(H,21,22)/t13-,17+/m1/s1. The lowest BCUT2D eigenvalue weighted by Gasteiger charge is -2.17. The average Bonchev–Trinajstić information content (AvgIpc) is 3.29. The predicted octanol–water partition coefficient (Wildman–Crippen LogP) is 0.588. The first kappa shape index (κ1) is 21.3. The molecular weight excluding hydrogens is 398 g/mol. The fourth-order valence-electron chi connectivity index (χ4n) is 3.15. The van der Waals surface area contributed by atoms with Gasteiger partial charge in [-0.1, -0.05) is 26.0 Å². The van der Waals surface area contributed by atoms with Gasteiger partial charge in [0.05, 0.1) is 11.0 Å². The number of hydrogen-bond acceptors (Lipinski definition) is 7. The molecule has 9 nitrogen and oxygen atoms in total. The van der Waals surface area contributed by atoms with E-state index < -0.39 is 34.5 Å². The summed E-state index contributed by atoms with van der Waals surface area (Å²) in [6.45, 7) is 4.18. The average molecular weight is 423 g/mol. The molecule has 0 bridgehead atoms. The Labute approximate surface area is 169 Å². The van der Waals surface area contributed by atoms with Crippen molar-refractivity contribution < 1.29 is 27.5 Å². The Morgan fingerprint density at radius 3 is 2.79 bits per heavy atom. The maximum absolute atomic E-state index is 12.5. The minimum atomic E-state index is -3.70. The summed E-state index contributed by atoms with van der Waals surface area (Å²) in [5.74, 6) is -1.28. The molecule has 158 valence electrons. The fourth-order valence-corrected chi connectivity index (χ4v) is 4.39. The topological polar surface area (TPSA) is 123 Å². The molecule has 1 amide bonds. The number of fused-ring (bicyclic) bond motifs is 1. The smallest absolute Gasteiger partial charge is 0.331 e. The second kappa shape index (κ2) is 8.91. The zero-order chi connectivity index (χ0) is 21.0. The van der Waals surface area contributed by atoms with Crippen LogP contribution < -0.4 is 10.0 Å². The van der Waals surface area contributed by atoms with Gasteiger partial charge in [0.15, 0.2) is 12.6 Å². The second-order valence-electron chi connectivity index (χ2n) is 7.32. The maximum Gasteiger partial charge on any atom is 0.331 e. The Morgan fingerprint density at radius 2 is 2.10 bits per heavy atom. The van der Waals surface area contributed by atoms with Crippen LogP contribution in [-0.4, -0.2) is 58.0 Å². The molecular formula is C19H25N3O6S. The first-order valence-corrected chi connectivity index (χ1v) is 11.0. The van der Waals surface area contributed by atoms with Gasteiger partial charge in [-0.25, -0.2) is 13.2 Å². The summed E-state index contributed by atoms with van der Waals surface area (Å²) >= 11 is 0. The third-order valence-corrected chi connectivity index (χ3v) is 6.10. The van der Waals surface area contributed by atoms with E-state index >= 15 is 0 Å². The Hall–Kier alpha value is -2.46. The Bertz CT molecular complexity index is 906. The van der Waals surface area contributed by atoms with E-state index in [4.69, 9.17) is 9.47 Å². The van der Waals surface area contributed by atoms with Gasteiger partial charge in [0.25, 0.3) is 15.9 Å². The number of rotatable bonds is 7. The molecule has 0 saturated carbocycles. The molecule has 3 rings (SSSR count). The van der Waals surface area contributed by atoms with Crippen molar-refractivity contribution in [1.29, 1.82) is 0 Å². The van der Waals surface area contributed by atoms with E-state index in [1.807, 2.05) is 0 Å². The van der Waals surface area contributed by atoms with Crippen LogP contribution in [0, 0.1) is 5.92 Å². The van der Waals surface area contributed by atoms with Crippen LogP contribution in [0.5, 0.6) is 0 Å². The highest BCUT2D eigenvalue weighted by Gasteiger charge is 2.33. The van der Waals surface area contributed by atoms with Crippen LogP contribution in [0.15, 0.2) is 34.2 Å². The van der Waals surface area contributed by atoms with Crippen molar-refractivity contribution in [3.05, 3.63) is 29.8 Å². The van der Waals surface area contributed by atoms with Crippen molar-refractivity contribution in [3.8, 4) is 0 Å². The fraction of sp³-hybridized carbons (Fsp3) is 0.526. The number of sulfonamides is 1. The van der Waals surface area contributed by atoms with Crippen molar-refractivity contribution >= 4 is 27.7 Å². The number of nitrogens with one attached hydrogen (secondary N) is 2. The zero-order valence-electron chi connectivity index (χ0n) is 16.4. The van der Waals surface area contributed by atoms with Crippen LogP contribution in [0.25, 0.3) is 0 Å². The van der Waals surface area contributed by atoms with Gasteiger partial charge >= 0.3 is 5.97 Å². The molecule has 1 aromatic rings. The number of nitrogens with zero attached hydrogens (tertiary/aromatic N) is 1. The molecule has 0 radical (unpaired) electrons. The number of benzene rings is 1. The Morgan fingerprint density at radius 1 is 1.34 bits per heavy atom. The monoisotopic (exact) mass is 423 g/mol. The molecule has 0 aliphatic carbocycles. The summed E-state index contributed by atoms with van der Waals surface area (Å²) in [6.07, 6.45) is 1.86. The normalized spacial score (nSPS) is 22.2. The molecule has 0 aromatic heterocycles. The Kier molecular flexibility index (Phi) is 6.53.